The molecule has 7 aliphatic rings. The molecule has 3 saturated carbocycles. The van der Waals surface area contributed by atoms with Crippen molar-refractivity contribution in [3.63, 3.8) is 0 Å². The summed E-state index contributed by atoms with van der Waals surface area (Å²) in [4.78, 5) is 189. The van der Waals surface area contributed by atoms with Crippen molar-refractivity contribution in [1.29, 1.82) is 0 Å². The summed E-state index contributed by atoms with van der Waals surface area (Å²) in [6.07, 6.45) is -3.36. The van der Waals surface area contributed by atoms with Crippen molar-refractivity contribution in [1.82, 2.24) is 60.0 Å². The second-order valence-corrected chi connectivity index (χ2v) is 30.6. The molecule has 7 fully saturated rings. The van der Waals surface area contributed by atoms with Crippen LogP contribution in [0, 0.1) is 17.8 Å². The number of alkyl halides is 6. The van der Waals surface area contributed by atoms with Crippen molar-refractivity contribution in [2.75, 3.05) is 88.7 Å². The van der Waals surface area contributed by atoms with Crippen LogP contribution < -0.4 is 16.0 Å². The normalized spacial score (nSPS) is 28.3. The summed E-state index contributed by atoms with van der Waals surface area (Å²) in [6.45, 7) is 1.39. The van der Waals surface area contributed by atoms with Crippen molar-refractivity contribution < 1.29 is 88.6 Å². The SMILES string of the molecule is CC[C@H](C)[C@@H]1NC(=O)[C@H](CC(F)(F)F)N(C)C(=O)C[C@@H](C(=O)N2C3CCC2COC3)N(C)C(=O)[C@H](C2CCCCC2)N(C)C(=O)C2(CCCC2)NC(=O)[C@@H]2CCCN2C(=O)[C@H](CCc2ccc(C(F)(F)F)c(Cl)c2)NC(=O)CN(C)C(=O)[C@H](CC2CCCCC2)N(C)C(=O)CN(C)C(=O)CN(C)C1=O. The average molecular weight is 1500 g/mol. The third kappa shape index (κ3) is 19.8. The number of aryl methyl sites for hydroxylation is 1. The number of nitrogens with one attached hydrogen (secondary N) is 3. The Bertz CT molecular complexity index is 3300. The van der Waals surface area contributed by atoms with E-state index >= 15 is 28.8 Å². The number of halogens is 7. The van der Waals surface area contributed by atoms with Gasteiger partial charge in [-0.05, 0) is 106 Å². The van der Waals surface area contributed by atoms with E-state index in [2.05, 4.69) is 16.0 Å². The highest BCUT2D eigenvalue weighted by atomic mass is 35.5. The molecule has 8 rings (SSSR count). The van der Waals surface area contributed by atoms with Gasteiger partial charge in [-0.1, -0.05) is 102 Å². The highest BCUT2D eigenvalue weighted by Crippen LogP contribution is 2.40. The van der Waals surface area contributed by atoms with Crippen molar-refractivity contribution in [2.24, 2.45) is 17.8 Å². The number of carbonyl (C=O) groups excluding carboxylic acids is 12. The largest absolute Gasteiger partial charge is 0.417 e. The molecular formula is C72H105ClF6N12O13. The molecule has 4 saturated heterocycles. The van der Waals surface area contributed by atoms with Gasteiger partial charge in [0.2, 0.25) is 70.9 Å². The lowest BCUT2D eigenvalue weighted by molar-refractivity contribution is -0.164. The zero-order chi connectivity index (χ0) is 76.4. The monoisotopic (exact) mass is 1490 g/mol. The molecule has 2 unspecified atom stereocenters. The van der Waals surface area contributed by atoms with Crippen molar-refractivity contribution in [3.8, 4) is 0 Å². The van der Waals surface area contributed by atoms with E-state index in [0.717, 1.165) is 77.3 Å². The van der Waals surface area contributed by atoms with Gasteiger partial charge in [-0.3, -0.25) is 57.5 Å². The molecule has 104 heavy (non-hydrogen) atoms. The van der Waals surface area contributed by atoms with Crippen LogP contribution in [0.25, 0.3) is 0 Å². The van der Waals surface area contributed by atoms with E-state index in [0.29, 0.717) is 56.3 Å². The van der Waals surface area contributed by atoms with Crippen LogP contribution in [0.1, 0.15) is 173 Å². The summed E-state index contributed by atoms with van der Waals surface area (Å²) in [7, 11) is 8.84. The van der Waals surface area contributed by atoms with E-state index in [-0.39, 0.29) is 82.6 Å². The number of nitrogens with zero attached hydrogens (tertiary/aromatic N) is 9. The Kier molecular flexibility index (Phi) is 28.0. The molecule has 0 aromatic heterocycles. The summed E-state index contributed by atoms with van der Waals surface area (Å²) in [5.41, 5.74) is -2.51. The van der Waals surface area contributed by atoms with Gasteiger partial charge in [0.05, 0.1) is 68.4 Å². The van der Waals surface area contributed by atoms with E-state index in [1.54, 1.807) is 13.8 Å². The van der Waals surface area contributed by atoms with Gasteiger partial charge < -0.3 is 64.8 Å². The summed E-state index contributed by atoms with van der Waals surface area (Å²) in [5, 5.41) is 7.58. The average Bonchev–Trinajstić information content (AvgIpc) is 1.45. The first kappa shape index (κ1) is 82.3. The molecule has 10 atom stereocenters. The summed E-state index contributed by atoms with van der Waals surface area (Å²) in [6, 6.07) is -8.89. The van der Waals surface area contributed by atoms with Crippen molar-refractivity contribution >= 4 is 82.5 Å². The maximum Gasteiger partial charge on any atom is 0.417 e. The Morgan fingerprint density at radius 3 is 1.83 bits per heavy atom. The number of fused-ring (bicyclic) bond motifs is 3. The smallest absolute Gasteiger partial charge is 0.377 e. The highest BCUT2D eigenvalue weighted by molar-refractivity contribution is 6.31. The molecule has 1 spiro atoms. The molecular weight excluding hydrogens is 1390 g/mol. The van der Waals surface area contributed by atoms with Crippen LogP contribution in [0.3, 0.4) is 0 Å². The topological polar surface area (TPSA) is 279 Å². The first-order valence-electron chi connectivity index (χ1n) is 36.8. The predicted molar refractivity (Wildman–Crippen MR) is 369 cm³/mol. The summed E-state index contributed by atoms with van der Waals surface area (Å²) < 4.78 is 92.1. The van der Waals surface area contributed by atoms with E-state index < -0.39 is 198 Å². The van der Waals surface area contributed by atoms with Gasteiger partial charge in [0, 0.05) is 55.9 Å². The zero-order valence-corrected chi connectivity index (χ0v) is 62.1. The Morgan fingerprint density at radius 1 is 0.635 bits per heavy atom. The van der Waals surface area contributed by atoms with Crippen molar-refractivity contribution in [2.45, 2.75) is 240 Å². The first-order chi connectivity index (χ1) is 49.0. The van der Waals surface area contributed by atoms with Crippen molar-refractivity contribution in [3.05, 3.63) is 34.3 Å². The summed E-state index contributed by atoms with van der Waals surface area (Å²) >= 11 is 6.15. The third-order valence-electron chi connectivity index (χ3n) is 22.9. The van der Waals surface area contributed by atoms with Gasteiger partial charge in [0.25, 0.3) is 0 Å². The van der Waals surface area contributed by atoms with Crippen LogP contribution >= 0.6 is 11.6 Å². The molecule has 32 heteroatoms. The number of ether oxygens (including phenoxy) is 1. The van der Waals surface area contributed by atoms with E-state index in [9.17, 15) is 55.1 Å². The minimum absolute atomic E-state index is 0.0168. The molecule has 3 aliphatic carbocycles. The Morgan fingerprint density at radius 2 is 1.23 bits per heavy atom. The number of hydrogen-bond acceptors (Lipinski definition) is 13. The minimum Gasteiger partial charge on any atom is -0.377 e. The second kappa shape index (κ2) is 35.4. The van der Waals surface area contributed by atoms with E-state index in [1.807, 2.05) is 0 Å². The van der Waals surface area contributed by atoms with Crippen LogP contribution in [0.2, 0.25) is 5.02 Å². The lowest BCUT2D eigenvalue weighted by Crippen LogP contribution is -2.65. The van der Waals surface area contributed by atoms with Crippen LogP contribution in [-0.2, 0) is 74.9 Å². The van der Waals surface area contributed by atoms with Crippen LogP contribution in [0.5, 0.6) is 0 Å². The van der Waals surface area contributed by atoms with Gasteiger partial charge in [-0.15, -0.1) is 0 Å². The first-order valence-corrected chi connectivity index (χ1v) is 37.2. The summed E-state index contributed by atoms with van der Waals surface area (Å²) in [5.74, 6) is -11.6. The zero-order valence-electron chi connectivity index (χ0n) is 61.4. The molecule has 12 amide bonds. The maximum absolute atomic E-state index is 15.9. The Labute approximate surface area is 609 Å². The van der Waals surface area contributed by atoms with Gasteiger partial charge >= 0.3 is 12.4 Å². The fraction of sp³-hybridized carbons (Fsp3) is 0.750. The molecule has 1 aromatic carbocycles. The van der Waals surface area contributed by atoms with Gasteiger partial charge in [-0.25, -0.2) is 0 Å². The predicted octanol–water partition coefficient (Wildman–Crippen LogP) is 5.71. The lowest BCUT2D eigenvalue weighted by Gasteiger charge is -2.44. The minimum atomic E-state index is -5.11. The second-order valence-electron chi connectivity index (χ2n) is 30.1. The van der Waals surface area contributed by atoms with Crippen LogP contribution in [0.15, 0.2) is 18.2 Å². The number of hydrogen-bond donors (Lipinski definition) is 3. The maximum atomic E-state index is 15.9. The number of amides is 12. The number of likely N-dealkylation sites (N-methyl/N-ethyl adjacent to an activating group) is 7. The third-order valence-corrected chi connectivity index (χ3v) is 23.2. The van der Waals surface area contributed by atoms with Crippen LogP contribution in [-0.4, -0.2) is 270 Å². The number of benzene rings is 1. The van der Waals surface area contributed by atoms with Gasteiger partial charge in [-0.2, -0.15) is 26.3 Å². The lowest BCUT2D eigenvalue weighted by atomic mass is 9.81. The molecule has 4 aliphatic heterocycles. The molecule has 25 nitrogen and oxygen atoms in total. The number of morpholine rings is 1. The van der Waals surface area contributed by atoms with E-state index in [1.165, 1.54) is 68.0 Å². The molecule has 580 valence electrons. The fourth-order valence-electron chi connectivity index (χ4n) is 16.4. The molecule has 3 N–H and O–H groups in total. The highest BCUT2D eigenvalue weighted by Gasteiger charge is 2.53. The van der Waals surface area contributed by atoms with E-state index in [4.69, 9.17) is 16.3 Å². The molecule has 0 radical (unpaired) electrons. The number of carbonyl (C=O) groups is 12. The van der Waals surface area contributed by atoms with Crippen LogP contribution in [0.4, 0.5) is 26.3 Å². The molecule has 1 aromatic rings. The molecule has 2 bridgehead atoms. The fourth-order valence-corrected chi connectivity index (χ4v) is 16.7. The number of rotatable bonds is 10. The standard InChI is InChI=1S/C72H105ClF6N12O13/c1-10-43(2)60-67(101)85(5)39-58(94)83(3)40-59(95)86(6)53(35-44-20-13-11-14-21-44)65(99)84(4)38-56(92)80-51(30-26-45-25-29-49(50(73)34-45)72(77,78)79)64(98)90-33-19-24-52(90)63(97)82-70(31-17-18-32-70)69(103)89(9)61(46-22-15-12-16-23-46)68(102)88(8)54(66(100)91-47-27-28-48(91)42-104-41-47)36-57(93)87(7)55(62(96)81-60)37-71(74,75)76/h25,29,34,43-44,46-48,51-55,60-61H,10-24,26-28,30-33,35-42H2,1-9H3,(H,80,92)(H,81,96)(H,82,97)/t43-,47?,48?,51-,52-,53-,54-,55-,60-,61-/m0/s1. The van der Waals surface area contributed by atoms with Gasteiger partial charge in [0.1, 0.15) is 47.8 Å². The Hall–Kier alpha value is -7.31. The Balaban J connectivity index is 1.19. The van der Waals surface area contributed by atoms with Gasteiger partial charge in [0.15, 0.2) is 0 Å². The quantitative estimate of drug-likeness (QED) is 0.237. The molecule has 4 heterocycles.